The molecule has 0 aliphatic rings. The van der Waals surface area contributed by atoms with Crippen molar-refractivity contribution in [2.45, 2.75) is 13.8 Å². The third-order valence-corrected chi connectivity index (χ3v) is 3.56. The highest BCUT2D eigenvalue weighted by Gasteiger charge is 2.14. The van der Waals surface area contributed by atoms with Gasteiger partial charge in [0.1, 0.15) is 6.07 Å². The molecular weight excluding hydrogens is 250 g/mol. The highest BCUT2D eigenvalue weighted by Crippen LogP contribution is 2.16. The largest absolute Gasteiger partial charge is 0.377 e. The Kier molecular flexibility index (Phi) is 3.90. The summed E-state index contributed by atoms with van der Waals surface area (Å²) in [4.78, 5) is 12.2. The van der Waals surface area contributed by atoms with E-state index >= 15 is 0 Å². The zero-order valence-corrected chi connectivity index (χ0v) is 11.9. The number of rotatable bonds is 4. The van der Waals surface area contributed by atoms with Crippen molar-refractivity contribution in [3.63, 3.8) is 0 Å². The van der Waals surface area contributed by atoms with Crippen molar-refractivity contribution in [1.29, 1.82) is 5.26 Å². The first-order valence-corrected chi connectivity index (χ1v) is 6.43. The molecule has 0 fully saturated rings. The molecule has 0 atom stereocenters. The van der Waals surface area contributed by atoms with E-state index < -0.39 is 0 Å². The van der Waals surface area contributed by atoms with E-state index in [2.05, 4.69) is 11.4 Å². The van der Waals surface area contributed by atoms with Crippen LogP contribution in [0.2, 0.25) is 0 Å². The second kappa shape index (κ2) is 5.62. The molecule has 0 saturated carbocycles. The van der Waals surface area contributed by atoms with Gasteiger partial charge in [0.05, 0.1) is 17.8 Å². The van der Waals surface area contributed by atoms with Crippen molar-refractivity contribution in [3.05, 3.63) is 52.8 Å². The Morgan fingerprint density at radius 2 is 2.05 bits per heavy atom. The lowest BCUT2D eigenvalue weighted by Gasteiger charge is -2.07. The summed E-state index contributed by atoms with van der Waals surface area (Å²) in [6.45, 7) is 4.09. The van der Waals surface area contributed by atoms with Crippen LogP contribution < -0.4 is 5.32 Å². The number of para-hydroxylation sites is 1. The number of hydrogen-bond acceptors (Lipinski definition) is 3. The van der Waals surface area contributed by atoms with E-state index in [1.54, 1.807) is 18.2 Å². The van der Waals surface area contributed by atoms with Gasteiger partial charge in [0.15, 0.2) is 5.78 Å². The van der Waals surface area contributed by atoms with Crippen LogP contribution in [-0.4, -0.2) is 16.9 Å². The molecule has 1 aromatic heterocycles. The molecule has 0 bridgehead atoms. The number of ketones is 1. The number of carbonyl (C=O) groups excluding carboxylic acids is 1. The van der Waals surface area contributed by atoms with Crippen molar-refractivity contribution >= 4 is 11.5 Å². The smallest absolute Gasteiger partial charge is 0.183 e. The number of aromatic nitrogens is 1. The molecule has 0 unspecified atom stereocenters. The first-order valence-electron chi connectivity index (χ1n) is 6.43. The first-order chi connectivity index (χ1) is 9.54. The fourth-order valence-electron chi connectivity index (χ4n) is 2.14. The normalized spacial score (nSPS) is 10.1. The minimum atomic E-state index is 0.0268. The van der Waals surface area contributed by atoms with Gasteiger partial charge < -0.3 is 9.88 Å². The molecule has 0 spiro atoms. The Bertz CT molecular complexity index is 692. The lowest BCUT2D eigenvalue weighted by atomic mass is 10.1. The predicted molar refractivity (Wildman–Crippen MR) is 78.9 cm³/mol. The Balaban J connectivity index is 2.13. The van der Waals surface area contributed by atoms with Crippen LogP contribution in [0.1, 0.15) is 27.3 Å². The van der Waals surface area contributed by atoms with E-state index in [4.69, 9.17) is 5.26 Å². The van der Waals surface area contributed by atoms with Gasteiger partial charge >= 0.3 is 0 Å². The van der Waals surface area contributed by atoms with Crippen LogP contribution in [0.25, 0.3) is 0 Å². The maximum Gasteiger partial charge on any atom is 0.183 e. The molecule has 20 heavy (non-hydrogen) atoms. The highest BCUT2D eigenvalue weighted by molar-refractivity contribution is 6.00. The van der Waals surface area contributed by atoms with Gasteiger partial charge in [-0.1, -0.05) is 12.1 Å². The Morgan fingerprint density at radius 3 is 2.65 bits per heavy atom. The van der Waals surface area contributed by atoms with Gasteiger partial charge in [-0.05, 0) is 32.0 Å². The number of carbonyl (C=O) groups is 1. The zero-order valence-electron chi connectivity index (χ0n) is 11.9. The molecule has 2 rings (SSSR count). The van der Waals surface area contributed by atoms with E-state index in [0.717, 1.165) is 17.0 Å². The number of nitriles is 1. The van der Waals surface area contributed by atoms with Crippen LogP contribution in [0.15, 0.2) is 30.3 Å². The second-order valence-corrected chi connectivity index (χ2v) is 4.78. The van der Waals surface area contributed by atoms with Crippen molar-refractivity contribution in [1.82, 2.24) is 4.57 Å². The van der Waals surface area contributed by atoms with Gasteiger partial charge in [-0.25, -0.2) is 0 Å². The monoisotopic (exact) mass is 267 g/mol. The number of aryl methyl sites for hydroxylation is 1. The highest BCUT2D eigenvalue weighted by atomic mass is 16.1. The quantitative estimate of drug-likeness (QED) is 0.867. The first kappa shape index (κ1) is 13.9. The Hall–Kier alpha value is -2.54. The van der Waals surface area contributed by atoms with Crippen molar-refractivity contribution < 1.29 is 4.79 Å². The average Bonchev–Trinajstić information content (AvgIpc) is 2.72. The summed E-state index contributed by atoms with van der Waals surface area (Å²) in [7, 11) is 1.94. The lowest BCUT2D eigenvalue weighted by Crippen LogP contribution is -2.15. The number of nitrogens with zero attached hydrogens (tertiary/aromatic N) is 2. The number of nitrogens with one attached hydrogen (secondary N) is 1. The Labute approximate surface area is 118 Å². The van der Waals surface area contributed by atoms with E-state index in [1.807, 2.05) is 37.6 Å². The van der Waals surface area contributed by atoms with Gasteiger partial charge in [0.2, 0.25) is 0 Å². The lowest BCUT2D eigenvalue weighted by molar-refractivity contribution is 0.101. The third-order valence-electron chi connectivity index (χ3n) is 3.56. The summed E-state index contributed by atoms with van der Waals surface area (Å²) in [5.41, 5.74) is 3.98. The minimum Gasteiger partial charge on any atom is -0.377 e. The molecule has 0 radical (unpaired) electrons. The number of anilines is 1. The molecule has 0 aliphatic carbocycles. The molecule has 4 heteroatoms. The maximum atomic E-state index is 12.2. The Morgan fingerprint density at radius 1 is 1.35 bits per heavy atom. The summed E-state index contributed by atoms with van der Waals surface area (Å²) in [5.74, 6) is 0.0268. The SMILES string of the molecule is Cc1cc(C(=O)CNc2ccccc2C#N)c(C)n1C. The van der Waals surface area contributed by atoms with E-state index in [-0.39, 0.29) is 12.3 Å². The zero-order chi connectivity index (χ0) is 14.7. The summed E-state index contributed by atoms with van der Waals surface area (Å²) >= 11 is 0. The molecule has 4 nitrogen and oxygen atoms in total. The fourth-order valence-corrected chi connectivity index (χ4v) is 2.14. The molecular formula is C16H17N3O. The van der Waals surface area contributed by atoms with Crippen LogP contribution in [0, 0.1) is 25.2 Å². The third kappa shape index (κ3) is 2.57. The molecule has 0 amide bonds. The van der Waals surface area contributed by atoms with Crippen LogP contribution in [0.3, 0.4) is 0 Å². The minimum absolute atomic E-state index is 0.0268. The topological polar surface area (TPSA) is 57.8 Å². The van der Waals surface area contributed by atoms with E-state index in [9.17, 15) is 4.79 Å². The number of Topliss-reactive ketones (excluding diaryl/α,β-unsaturated/α-hetero) is 1. The molecule has 1 aromatic carbocycles. The maximum absolute atomic E-state index is 12.2. The van der Waals surface area contributed by atoms with Gasteiger partial charge in [-0.3, -0.25) is 4.79 Å². The van der Waals surface area contributed by atoms with E-state index in [0.29, 0.717) is 11.3 Å². The summed E-state index contributed by atoms with van der Waals surface area (Å²) in [6, 6.07) is 11.2. The van der Waals surface area contributed by atoms with Crippen molar-refractivity contribution in [2.24, 2.45) is 7.05 Å². The standard InChI is InChI=1S/C16H17N3O/c1-11-8-14(12(2)19(11)3)16(20)10-18-15-7-5-4-6-13(15)9-17/h4-8,18H,10H2,1-3H3. The van der Waals surface area contributed by atoms with E-state index in [1.165, 1.54) is 0 Å². The molecule has 1 N–H and O–H groups in total. The average molecular weight is 267 g/mol. The van der Waals surface area contributed by atoms with Crippen LogP contribution in [0.4, 0.5) is 5.69 Å². The van der Waals surface area contributed by atoms with Gasteiger partial charge in [-0.15, -0.1) is 0 Å². The summed E-state index contributed by atoms with van der Waals surface area (Å²) in [5, 5.41) is 12.0. The summed E-state index contributed by atoms with van der Waals surface area (Å²) < 4.78 is 2.00. The van der Waals surface area contributed by atoms with Crippen molar-refractivity contribution in [2.75, 3.05) is 11.9 Å². The fraction of sp³-hybridized carbons (Fsp3) is 0.250. The number of benzene rings is 1. The van der Waals surface area contributed by atoms with Crippen molar-refractivity contribution in [3.8, 4) is 6.07 Å². The molecule has 2 aromatic rings. The molecule has 0 saturated heterocycles. The van der Waals surface area contributed by atoms with Gasteiger partial charge in [0.25, 0.3) is 0 Å². The molecule has 0 aliphatic heterocycles. The van der Waals surface area contributed by atoms with Gasteiger partial charge in [0, 0.05) is 24.0 Å². The predicted octanol–water partition coefficient (Wildman–Crippen LogP) is 2.81. The molecule has 102 valence electrons. The van der Waals surface area contributed by atoms with Crippen LogP contribution in [0.5, 0.6) is 0 Å². The summed E-state index contributed by atoms with van der Waals surface area (Å²) in [6.07, 6.45) is 0. The second-order valence-electron chi connectivity index (χ2n) is 4.78. The van der Waals surface area contributed by atoms with Gasteiger partial charge in [-0.2, -0.15) is 5.26 Å². The van der Waals surface area contributed by atoms with Crippen LogP contribution in [-0.2, 0) is 7.05 Å². The van der Waals surface area contributed by atoms with Crippen LogP contribution >= 0.6 is 0 Å². The number of hydrogen-bond donors (Lipinski definition) is 1. The molecule has 1 heterocycles.